The summed E-state index contributed by atoms with van der Waals surface area (Å²) in [4.78, 5) is 20.5. The minimum Gasteiger partial charge on any atom is -0.354 e. The first-order chi connectivity index (χ1) is 38.2. The fourth-order valence-corrected chi connectivity index (χ4v) is 12.6. The van der Waals surface area contributed by atoms with Crippen molar-refractivity contribution in [2.75, 3.05) is 13.2 Å². The zero-order valence-corrected chi connectivity index (χ0v) is 53.0. The predicted octanol–water partition coefficient (Wildman–Crippen LogP) is 22.0. The summed E-state index contributed by atoms with van der Waals surface area (Å²) in [6.45, 7) is 38.8. The number of aromatic nitrogens is 4. The number of ether oxygens (including phenoxy) is 2. The monoisotopic (exact) mass is 1080 g/mol. The average molecular weight is 1080 g/mol. The highest BCUT2D eigenvalue weighted by Crippen LogP contribution is 2.47. The minimum atomic E-state index is -0.389. The van der Waals surface area contributed by atoms with Gasteiger partial charge in [-0.25, -0.2) is 9.97 Å². The van der Waals surface area contributed by atoms with Gasteiger partial charge in [0.2, 0.25) is 0 Å². The molecule has 5 aromatic rings. The Labute approximate surface area is 484 Å². The van der Waals surface area contributed by atoms with Crippen LogP contribution in [0.15, 0.2) is 54.6 Å². The summed E-state index contributed by atoms with van der Waals surface area (Å²) in [5.74, 6) is 0. The van der Waals surface area contributed by atoms with Crippen LogP contribution in [0, 0.1) is 19.3 Å². The van der Waals surface area contributed by atoms with E-state index in [1.54, 1.807) is 0 Å². The van der Waals surface area contributed by atoms with Crippen LogP contribution in [0.5, 0.6) is 0 Å². The van der Waals surface area contributed by atoms with Crippen LogP contribution in [0.25, 0.3) is 66.6 Å². The second-order valence-corrected chi connectivity index (χ2v) is 27.3. The van der Waals surface area contributed by atoms with Crippen LogP contribution >= 0.6 is 0 Å². The van der Waals surface area contributed by atoms with Gasteiger partial charge in [-0.05, 0) is 169 Å². The molecule has 6 heteroatoms. The van der Waals surface area contributed by atoms with Crippen molar-refractivity contribution < 1.29 is 9.47 Å². The lowest BCUT2D eigenvalue weighted by Crippen LogP contribution is -2.33. The molecule has 3 aliphatic rings. The number of rotatable bonds is 23. The zero-order valence-electron chi connectivity index (χ0n) is 53.0. The molecule has 6 heterocycles. The molecule has 6 nitrogen and oxygen atoms in total. The molecular formula is C74H104N4O2. The van der Waals surface area contributed by atoms with Crippen molar-refractivity contribution >= 4 is 44.4 Å². The number of fused-ring (bicyclic) bond motifs is 8. The van der Waals surface area contributed by atoms with Gasteiger partial charge in [0.05, 0.1) is 47.0 Å². The lowest BCUT2D eigenvalue weighted by Gasteiger charge is -2.34. The maximum atomic E-state index is 6.36. The predicted molar refractivity (Wildman–Crippen MR) is 345 cm³/mol. The Morgan fingerprint density at radius 1 is 0.487 bits per heavy atom. The molecule has 0 saturated carbocycles. The molecule has 432 valence electrons. The number of hydrogen-bond donors (Lipinski definition) is 2. The van der Waals surface area contributed by atoms with E-state index < -0.39 is 0 Å². The Morgan fingerprint density at radius 2 is 0.887 bits per heavy atom. The van der Waals surface area contributed by atoms with E-state index in [1.165, 1.54) is 166 Å². The Bertz CT molecular complexity index is 3010. The molecule has 0 spiro atoms. The van der Waals surface area contributed by atoms with Gasteiger partial charge in [-0.1, -0.05) is 203 Å². The van der Waals surface area contributed by atoms with Crippen LogP contribution in [0.2, 0.25) is 0 Å². The lowest BCUT2D eigenvalue weighted by atomic mass is 9.78. The van der Waals surface area contributed by atoms with Gasteiger partial charge >= 0.3 is 0 Å². The van der Waals surface area contributed by atoms with Crippen molar-refractivity contribution in [3.8, 4) is 22.3 Å². The third-order valence-corrected chi connectivity index (χ3v) is 17.9. The van der Waals surface area contributed by atoms with E-state index in [-0.39, 0.29) is 22.5 Å². The maximum Gasteiger partial charge on any atom is 0.183 e. The Morgan fingerprint density at radius 3 is 1.27 bits per heavy atom. The second-order valence-electron chi connectivity index (χ2n) is 27.3. The van der Waals surface area contributed by atoms with Crippen molar-refractivity contribution in [3.63, 3.8) is 0 Å². The lowest BCUT2D eigenvalue weighted by molar-refractivity contribution is -0.226. The topological polar surface area (TPSA) is 75.8 Å². The summed E-state index contributed by atoms with van der Waals surface area (Å²) in [6, 6.07) is 21.4. The van der Waals surface area contributed by atoms with E-state index >= 15 is 0 Å². The van der Waals surface area contributed by atoms with Crippen LogP contribution in [-0.2, 0) is 33.1 Å². The maximum absolute atomic E-state index is 6.36. The second kappa shape index (κ2) is 26.5. The fraction of sp³-hybridized carbons (Fsp3) is 0.568. The van der Waals surface area contributed by atoms with Crippen molar-refractivity contribution in [2.24, 2.45) is 5.41 Å². The van der Waals surface area contributed by atoms with Gasteiger partial charge in [0.15, 0.2) is 6.29 Å². The standard InChI is InChI=1S/C74H104N4O2/c1-17-21-25-29-33-57-48(5)67-65(52-37-39-53(40-38-52)71-79-46-74(15,16)47-80-71)68-49(6)58(34-30-26-22-18-2)62(76-68)45-64-60(36-32-28-24-20-4)51(8)70(78-64)66(54-41-55(72(9,10)11)43-56(42-54)73(12,13)14)69-50(7)59(35-31-27-23-19-3)63(77-69)44-61(57)75-67/h37-45,71,77-78H,17-36,46-47H2,1-16H3. The minimum absolute atomic E-state index is 0.00886. The van der Waals surface area contributed by atoms with Gasteiger partial charge in [-0.15, -0.1) is 0 Å². The van der Waals surface area contributed by atoms with Gasteiger partial charge in [0.1, 0.15) is 0 Å². The third-order valence-electron chi connectivity index (χ3n) is 17.9. The van der Waals surface area contributed by atoms with Gasteiger partial charge < -0.3 is 19.4 Å². The molecule has 8 bridgehead atoms. The van der Waals surface area contributed by atoms with Crippen molar-refractivity contribution in [2.45, 2.75) is 256 Å². The van der Waals surface area contributed by atoms with E-state index in [1.807, 2.05) is 0 Å². The van der Waals surface area contributed by atoms with Crippen LogP contribution in [0.3, 0.4) is 0 Å². The Kier molecular flexibility index (Phi) is 20.2. The molecule has 0 unspecified atom stereocenters. The number of aryl methyl sites for hydroxylation is 4. The van der Waals surface area contributed by atoms with Crippen LogP contribution in [-0.4, -0.2) is 33.1 Å². The van der Waals surface area contributed by atoms with Crippen LogP contribution < -0.4 is 0 Å². The highest BCUT2D eigenvalue weighted by atomic mass is 16.7. The molecule has 0 atom stereocenters. The molecule has 0 radical (unpaired) electrons. The van der Waals surface area contributed by atoms with Crippen LogP contribution in [0.4, 0.5) is 0 Å². The number of H-pyrrole nitrogens is 2. The Hall–Kier alpha value is -5.04. The first kappa shape index (κ1) is 61.0. The van der Waals surface area contributed by atoms with Gasteiger partial charge in [0, 0.05) is 33.1 Å². The molecule has 2 N–H and O–H groups in total. The first-order valence-corrected chi connectivity index (χ1v) is 31.9. The van der Waals surface area contributed by atoms with E-state index in [4.69, 9.17) is 19.4 Å². The normalized spacial score (nSPS) is 15.2. The summed E-state index contributed by atoms with van der Waals surface area (Å²) in [5, 5.41) is 0. The van der Waals surface area contributed by atoms with Gasteiger partial charge in [0.25, 0.3) is 0 Å². The summed E-state index contributed by atoms with van der Waals surface area (Å²) in [7, 11) is 0. The van der Waals surface area contributed by atoms with Crippen molar-refractivity contribution in [1.82, 2.24) is 19.9 Å². The van der Waals surface area contributed by atoms with E-state index in [0.717, 1.165) is 90.8 Å². The van der Waals surface area contributed by atoms with Crippen molar-refractivity contribution in [3.05, 3.63) is 116 Å². The number of hydrogen-bond acceptors (Lipinski definition) is 4. The molecule has 1 saturated heterocycles. The SMILES string of the molecule is CCCCCCC1=C(C)c2nc1cc1[nH]c(c(C)c1CCCCCC)c(-c1cc(C(C)(C)C)cc(C(C)(C)C)c1)c1[nH]c(cc3nc(c2-c2ccc(C4OCC(C)(C)CO4)cc2)C(C)=C3CCCCCC)c(CCCCCC)c1C. The van der Waals surface area contributed by atoms with E-state index in [9.17, 15) is 0 Å². The fourth-order valence-electron chi connectivity index (χ4n) is 12.6. The third kappa shape index (κ3) is 13.9. The number of unbranched alkanes of at least 4 members (excludes halogenated alkanes) is 12. The summed E-state index contributed by atoms with van der Waals surface area (Å²) in [5.41, 5.74) is 28.2. The quantitative estimate of drug-likeness (QED) is 0.0639. The molecule has 8 rings (SSSR count). The molecule has 80 heavy (non-hydrogen) atoms. The largest absolute Gasteiger partial charge is 0.354 e. The molecule has 1 fully saturated rings. The summed E-state index contributed by atoms with van der Waals surface area (Å²) < 4.78 is 12.7. The van der Waals surface area contributed by atoms with Gasteiger partial charge in [-0.3, -0.25) is 0 Å². The highest BCUT2D eigenvalue weighted by Gasteiger charge is 2.32. The van der Waals surface area contributed by atoms with E-state index in [2.05, 4.69) is 175 Å². The number of nitrogens with one attached hydrogen (secondary N) is 2. The smallest absolute Gasteiger partial charge is 0.183 e. The Balaban J connectivity index is 1.56. The zero-order chi connectivity index (χ0) is 57.5. The molecular weight excluding hydrogens is 977 g/mol. The molecule has 3 aliphatic heterocycles. The molecule has 2 aromatic carbocycles. The summed E-state index contributed by atoms with van der Waals surface area (Å²) in [6.07, 6.45) is 22.8. The first-order valence-electron chi connectivity index (χ1n) is 31.9. The number of aromatic amines is 2. The molecule has 0 amide bonds. The average Bonchev–Trinajstić information content (AvgIpc) is 4.21. The van der Waals surface area contributed by atoms with Crippen molar-refractivity contribution in [1.29, 1.82) is 0 Å². The number of allylic oxidation sites excluding steroid dienone is 4. The van der Waals surface area contributed by atoms with Crippen LogP contribution in [0.1, 0.15) is 281 Å². The molecule has 0 aliphatic carbocycles. The summed E-state index contributed by atoms with van der Waals surface area (Å²) >= 11 is 0. The highest BCUT2D eigenvalue weighted by molar-refractivity contribution is 6.03. The van der Waals surface area contributed by atoms with E-state index in [0.29, 0.717) is 13.2 Å². The van der Waals surface area contributed by atoms with Gasteiger partial charge in [-0.2, -0.15) is 0 Å². The number of benzene rings is 2. The number of nitrogens with zero attached hydrogens (tertiary/aromatic N) is 2. The molecule has 3 aromatic heterocycles.